The quantitative estimate of drug-likeness (QED) is 0.768. The number of ether oxygens (including phenoxy) is 1. The minimum absolute atomic E-state index is 0.177. The fourth-order valence-electron chi connectivity index (χ4n) is 1.36. The molecule has 4 heteroatoms. The van der Waals surface area contributed by atoms with Crippen molar-refractivity contribution in [1.29, 1.82) is 0 Å². The zero-order valence-corrected chi connectivity index (χ0v) is 10.0. The molecule has 0 aliphatic carbocycles. The van der Waals surface area contributed by atoms with Gasteiger partial charge in [0.1, 0.15) is 0 Å². The maximum Gasteiger partial charge on any atom is 0.219 e. The number of aryl methyl sites for hydroxylation is 1. The molecule has 0 unspecified atom stereocenters. The second kappa shape index (κ2) is 5.15. The average molecular weight is 252 g/mol. The van der Waals surface area contributed by atoms with E-state index in [4.69, 9.17) is 16.3 Å². The SMILES string of the molecule is Cc1cccc(Oc2ccc(CCl)cn2)c1F. The highest BCUT2D eigenvalue weighted by atomic mass is 35.5. The summed E-state index contributed by atoms with van der Waals surface area (Å²) < 4.78 is 19.0. The van der Waals surface area contributed by atoms with Crippen LogP contribution in [-0.2, 0) is 5.88 Å². The van der Waals surface area contributed by atoms with Gasteiger partial charge in [-0.05, 0) is 24.1 Å². The van der Waals surface area contributed by atoms with Gasteiger partial charge < -0.3 is 4.74 Å². The fraction of sp³-hybridized carbons (Fsp3) is 0.154. The van der Waals surface area contributed by atoms with Crippen LogP contribution in [0.25, 0.3) is 0 Å². The molecule has 0 spiro atoms. The molecule has 0 saturated heterocycles. The molecule has 1 aromatic carbocycles. The van der Waals surface area contributed by atoms with Gasteiger partial charge in [-0.3, -0.25) is 0 Å². The first-order chi connectivity index (χ1) is 8.20. The molecule has 0 bridgehead atoms. The van der Waals surface area contributed by atoms with Crippen LogP contribution in [-0.4, -0.2) is 4.98 Å². The van der Waals surface area contributed by atoms with Gasteiger partial charge in [-0.2, -0.15) is 0 Å². The molecular weight excluding hydrogens is 241 g/mol. The lowest BCUT2D eigenvalue weighted by molar-refractivity contribution is 0.425. The van der Waals surface area contributed by atoms with Gasteiger partial charge in [-0.15, -0.1) is 11.6 Å². The predicted octanol–water partition coefficient (Wildman–Crippen LogP) is 4.06. The molecule has 0 saturated carbocycles. The third kappa shape index (κ3) is 2.74. The summed E-state index contributed by atoms with van der Waals surface area (Å²) in [6.07, 6.45) is 1.61. The number of aromatic nitrogens is 1. The van der Waals surface area contributed by atoms with Crippen LogP contribution in [0.15, 0.2) is 36.5 Å². The second-order valence-corrected chi connectivity index (χ2v) is 3.89. The van der Waals surface area contributed by atoms with Crippen molar-refractivity contribution in [3.63, 3.8) is 0 Å². The van der Waals surface area contributed by atoms with Crippen LogP contribution in [0.4, 0.5) is 4.39 Å². The molecule has 2 aromatic rings. The average Bonchev–Trinajstić information content (AvgIpc) is 2.36. The van der Waals surface area contributed by atoms with Crippen molar-refractivity contribution in [2.24, 2.45) is 0 Å². The smallest absolute Gasteiger partial charge is 0.219 e. The highest BCUT2D eigenvalue weighted by Crippen LogP contribution is 2.24. The Bertz CT molecular complexity index is 513. The van der Waals surface area contributed by atoms with Crippen molar-refractivity contribution in [2.75, 3.05) is 0 Å². The number of hydrogen-bond donors (Lipinski definition) is 0. The van der Waals surface area contributed by atoms with Crippen LogP contribution < -0.4 is 4.74 Å². The van der Waals surface area contributed by atoms with E-state index in [-0.39, 0.29) is 11.6 Å². The molecule has 0 amide bonds. The summed E-state index contributed by atoms with van der Waals surface area (Å²) in [6, 6.07) is 8.45. The maximum atomic E-state index is 13.7. The Morgan fingerprint density at radius 1 is 1.29 bits per heavy atom. The van der Waals surface area contributed by atoms with E-state index in [1.807, 2.05) is 0 Å². The summed E-state index contributed by atoms with van der Waals surface area (Å²) in [5.74, 6) is 0.557. The Morgan fingerprint density at radius 3 is 2.76 bits per heavy atom. The van der Waals surface area contributed by atoms with Crippen LogP contribution in [0.1, 0.15) is 11.1 Å². The minimum atomic E-state index is -0.365. The molecule has 2 rings (SSSR count). The lowest BCUT2D eigenvalue weighted by Crippen LogP contribution is -1.93. The predicted molar refractivity (Wildman–Crippen MR) is 65.0 cm³/mol. The molecular formula is C13H11ClFNO. The largest absolute Gasteiger partial charge is 0.436 e. The second-order valence-electron chi connectivity index (χ2n) is 3.63. The van der Waals surface area contributed by atoms with Gasteiger partial charge in [0.2, 0.25) is 5.88 Å². The molecule has 2 nitrogen and oxygen atoms in total. The molecule has 0 aliphatic rings. The highest BCUT2D eigenvalue weighted by Gasteiger charge is 2.07. The highest BCUT2D eigenvalue weighted by molar-refractivity contribution is 6.17. The normalized spacial score (nSPS) is 10.3. The summed E-state index contributed by atoms with van der Waals surface area (Å²) in [5, 5.41) is 0. The summed E-state index contributed by atoms with van der Waals surface area (Å²) in [5.41, 5.74) is 1.43. The van der Waals surface area contributed by atoms with Crippen LogP contribution in [0.2, 0.25) is 0 Å². The van der Waals surface area contributed by atoms with Gasteiger partial charge in [0.25, 0.3) is 0 Å². The molecule has 0 radical (unpaired) electrons. The Balaban J connectivity index is 2.22. The first kappa shape index (κ1) is 11.9. The molecule has 0 N–H and O–H groups in total. The number of benzene rings is 1. The summed E-state index contributed by atoms with van der Waals surface area (Å²) in [7, 11) is 0. The molecule has 0 aliphatic heterocycles. The molecule has 1 heterocycles. The van der Waals surface area contributed by atoms with E-state index >= 15 is 0 Å². The van der Waals surface area contributed by atoms with Gasteiger partial charge in [-0.1, -0.05) is 18.2 Å². The lowest BCUT2D eigenvalue weighted by Gasteiger charge is -2.07. The van der Waals surface area contributed by atoms with E-state index < -0.39 is 0 Å². The lowest BCUT2D eigenvalue weighted by atomic mass is 10.2. The first-order valence-corrected chi connectivity index (χ1v) is 5.68. The third-order valence-electron chi connectivity index (χ3n) is 2.32. The third-order valence-corrected chi connectivity index (χ3v) is 2.63. The van der Waals surface area contributed by atoms with Crippen LogP contribution in [0.3, 0.4) is 0 Å². The van der Waals surface area contributed by atoms with Crippen molar-refractivity contribution in [3.8, 4) is 11.6 Å². The Hall–Kier alpha value is -1.61. The van der Waals surface area contributed by atoms with Crippen LogP contribution in [0, 0.1) is 12.7 Å². The zero-order valence-electron chi connectivity index (χ0n) is 9.28. The standard InChI is InChI=1S/C13H11ClFNO/c1-9-3-2-4-11(13(9)15)17-12-6-5-10(7-14)8-16-12/h2-6,8H,7H2,1H3. The maximum absolute atomic E-state index is 13.7. The van der Waals surface area contributed by atoms with Gasteiger partial charge in [0.15, 0.2) is 11.6 Å². The minimum Gasteiger partial charge on any atom is -0.436 e. The molecule has 17 heavy (non-hydrogen) atoms. The van der Waals surface area contributed by atoms with E-state index in [1.54, 1.807) is 43.5 Å². The van der Waals surface area contributed by atoms with E-state index in [9.17, 15) is 4.39 Å². The van der Waals surface area contributed by atoms with Gasteiger partial charge in [0, 0.05) is 18.1 Å². The van der Waals surface area contributed by atoms with Gasteiger partial charge in [-0.25, -0.2) is 9.37 Å². The van der Waals surface area contributed by atoms with Crippen LogP contribution >= 0.6 is 11.6 Å². The van der Waals surface area contributed by atoms with Crippen molar-refractivity contribution in [3.05, 3.63) is 53.5 Å². The monoisotopic (exact) mass is 251 g/mol. The Morgan fingerprint density at radius 2 is 2.12 bits per heavy atom. The summed E-state index contributed by atoms with van der Waals surface area (Å²) in [4.78, 5) is 4.04. The van der Waals surface area contributed by atoms with E-state index in [2.05, 4.69) is 4.98 Å². The first-order valence-electron chi connectivity index (χ1n) is 5.14. The van der Waals surface area contributed by atoms with Crippen molar-refractivity contribution < 1.29 is 9.13 Å². The molecule has 88 valence electrons. The number of alkyl halides is 1. The van der Waals surface area contributed by atoms with Crippen LogP contribution in [0.5, 0.6) is 11.6 Å². The number of hydrogen-bond acceptors (Lipinski definition) is 2. The molecule has 0 atom stereocenters. The Kier molecular flexibility index (Phi) is 3.59. The van der Waals surface area contributed by atoms with Gasteiger partial charge in [0.05, 0.1) is 0 Å². The van der Waals surface area contributed by atoms with Crippen molar-refractivity contribution in [1.82, 2.24) is 4.98 Å². The van der Waals surface area contributed by atoms with E-state index in [0.29, 0.717) is 17.3 Å². The van der Waals surface area contributed by atoms with E-state index in [1.165, 1.54) is 0 Å². The Labute approximate surface area is 104 Å². The van der Waals surface area contributed by atoms with Crippen molar-refractivity contribution in [2.45, 2.75) is 12.8 Å². The van der Waals surface area contributed by atoms with Crippen molar-refractivity contribution >= 4 is 11.6 Å². The molecule has 1 aromatic heterocycles. The summed E-state index contributed by atoms with van der Waals surface area (Å²) in [6.45, 7) is 1.69. The topological polar surface area (TPSA) is 22.1 Å². The summed E-state index contributed by atoms with van der Waals surface area (Å²) >= 11 is 5.64. The zero-order chi connectivity index (χ0) is 12.3. The van der Waals surface area contributed by atoms with E-state index in [0.717, 1.165) is 5.56 Å². The number of rotatable bonds is 3. The number of pyridine rings is 1. The number of nitrogens with zero attached hydrogens (tertiary/aromatic N) is 1. The van der Waals surface area contributed by atoms with Gasteiger partial charge >= 0.3 is 0 Å². The fourth-order valence-corrected chi connectivity index (χ4v) is 1.52. The molecule has 0 fully saturated rings. The number of halogens is 2.